The molecule has 0 amide bonds. The lowest BCUT2D eigenvalue weighted by atomic mass is 9.45. The van der Waals surface area contributed by atoms with Crippen molar-refractivity contribution in [3.8, 4) is 0 Å². The third-order valence-electron chi connectivity index (χ3n) is 9.46. The summed E-state index contributed by atoms with van der Waals surface area (Å²) < 4.78 is 5.32. The van der Waals surface area contributed by atoms with Gasteiger partial charge in [0.05, 0.1) is 13.0 Å². The van der Waals surface area contributed by atoms with Crippen molar-refractivity contribution in [3.05, 3.63) is 12.2 Å². The van der Waals surface area contributed by atoms with E-state index in [1.54, 1.807) is 0 Å². The van der Waals surface area contributed by atoms with Crippen molar-refractivity contribution in [3.63, 3.8) is 0 Å². The van der Waals surface area contributed by atoms with E-state index in [1.165, 1.54) is 51.2 Å². The molecule has 0 aromatic heterocycles. The minimum Gasteiger partial charge on any atom is -0.465 e. The molecule has 0 aromatic rings. The minimum absolute atomic E-state index is 0.00324. The molecule has 0 aromatic carbocycles. The summed E-state index contributed by atoms with van der Waals surface area (Å²) in [5.41, 5.74) is 0.169. The van der Waals surface area contributed by atoms with E-state index in [4.69, 9.17) is 4.74 Å². The summed E-state index contributed by atoms with van der Waals surface area (Å²) in [7, 11) is 0. The molecule has 3 heteroatoms. The van der Waals surface area contributed by atoms with Gasteiger partial charge in [-0.3, -0.25) is 4.79 Å². The molecule has 3 nitrogen and oxygen atoms in total. The van der Waals surface area contributed by atoms with Crippen LogP contribution in [0.4, 0.5) is 0 Å². The lowest BCUT2D eigenvalue weighted by Gasteiger charge is -2.58. The number of ether oxygens (including phenoxy) is 1. The molecule has 5 rings (SSSR count). The van der Waals surface area contributed by atoms with Gasteiger partial charge in [-0.15, -0.1) is 0 Å². The van der Waals surface area contributed by atoms with Crippen LogP contribution in [0.15, 0.2) is 12.2 Å². The van der Waals surface area contributed by atoms with Crippen molar-refractivity contribution >= 4 is 12.3 Å². The fourth-order valence-corrected chi connectivity index (χ4v) is 8.32. The van der Waals surface area contributed by atoms with Crippen LogP contribution in [0, 0.1) is 46.3 Å². The summed E-state index contributed by atoms with van der Waals surface area (Å²) in [6.07, 6.45) is 16.4. The van der Waals surface area contributed by atoms with Gasteiger partial charge < -0.3 is 9.53 Å². The Morgan fingerprint density at radius 1 is 1.08 bits per heavy atom. The number of hydrogen-bond donors (Lipinski definition) is 0. The van der Waals surface area contributed by atoms with Crippen molar-refractivity contribution in [2.24, 2.45) is 46.3 Å². The maximum absolute atomic E-state index is 12.3. The van der Waals surface area contributed by atoms with Crippen molar-refractivity contribution in [2.75, 3.05) is 6.61 Å². The SMILES string of the molecule is C[C@]12CC[C@H]3[C@@H](CCC4CCC=C[C@@]43C=O)[C@H]1CC[C@@H]2[C@@H]1COC(=O)C1. The maximum atomic E-state index is 12.3. The van der Waals surface area contributed by atoms with Crippen LogP contribution in [-0.4, -0.2) is 18.9 Å². The van der Waals surface area contributed by atoms with Crippen LogP contribution < -0.4 is 0 Å². The van der Waals surface area contributed by atoms with Gasteiger partial charge in [-0.25, -0.2) is 0 Å². The van der Waals surface area contributed by atoms with Gasteiger partial charge in [-0.2, -0.15) is 0 Å². The molecule has 3 saturated carbocycles. The van der Waals surface area contributed by atoms with Crippen LogP contribution in [0.2, 0.25) is 0 Å². The fourth-order valence-electron chi connectivity index (χ4n) is 8.32. The Morgan fingerprint density at radius 3 is 2.69 bits per heavy atom. The fraction of sp³-hybridized carbons (Fsp3) is 0.826. The van der Waals surface area contributed by atoms with Gasteiger partial charge in [0.15, 0.2) is 0 Å². The number of carbonyl (C=O) groups is 2. The Bertz CT molecular complexity index is 639. The minimum atomic E-state index is -0.174. The smallest absolute Gasteiger partial charge is 0.306 e. The van der Waals surface area contributed by atoms with Gasteiger partial charge in [0.25, 0.3) is 0 Å². The Morgan fingerprint density at radius 2 is 1.92 bits per heavy atom. The van der Waals surface area contributed by atoms with Gasteiger partial charge in [-0.05, 0) is 86.4 Å². The molecule has 26 heavy (non-hydrogen) atoms. The van der Waals surface area contributed by atoms with Gasteiger partial charge in [-0.1, -0.05) is 19.1 Å². The van der Waals surface area contributed by atoms with Crippen molar-refractivity contribution in [2.45, 2.75) is 64.7 Å². The summed E-state index contributed by atoms with van der Waals surface area (Å²) in [6, 6.07) is 0. The van der Waals surface area contributed by atoms with E-state index in [9.17, 15) is 9.59 Å². The molecule has 0 radical (unpaired) electrons. The van der Waals surface area contributed by atoms with E-state index in [-0.39, 0.29) is 11.4 Å². The summed E-state index contributed by atoms with van der Waals surface area (Å²) in [4.78, 5) is 24.0. The molecule has 1 aliphatic heterocycles. The molecule has 4 aliphatic carbocycles. The third kappa shape index (κ3) is 2.18. The van der Waals surface area contributed by atoms with E-state index >= 15 is 0 Å². The quantitative estimate of drug-likeness (QED) is 0.414. The first kappa shape index (κ1) is 17.0. The number of cyclic esters (lactones) is 1. The van der Waals surface area contributed by atoms with Crippen LogP contribution >= 0.6 is 0 Å². The molecule has 0 spiro atoms. The number of esters is 1. The average molecular weight is 357 g/mol. The van der Waals surface area contributed by atoms with E-state index in [2.05, 4.69) is 19.1 Å². The monoisotopic (exact) mass is 356 g/mol. The molecule has 1 unspecified atom stereocenters. The summed E-state index contributed by atoms with van der Waals surface area (Å²) in [6.45, 7) is 3.15. The third-order valence-corrected chi connectivity index (χ3v) is 9.46. The first-order chi connectivity index (χ1) is 12.6. The van der Waals surface area contributed by atoms with Crippen molar-refractivity contribution in [1.82, 2.24) is 0 Å². The average Bonchev–Trinajstić information content (AvgIpc) is 3.23. The van der Waals surface area contributed by atoms with Gasteiger partial charge in [0.2, 0.25) is 0 Å². The molecule has 8 atom stereocenters. The second-order valence-electron chi connectivity index (χ2n) is 10.1. The van der Waals surface area contributed by atoms with Gasteiger partial charge in [0.1, 0.15) is 6.29 Å². The van der Waals surface area contributed by atoms with Gasteiger partial charge >= 0.3 is 5.97 Å². The molecule has 0 N–H and O–H groups in total. The maximum Gasteiger partial charge on any atom is 0.306 e. The summed E-state index contributed by atoms with van der Waals surface area (Å²) >= 11 is 0. The van der Waals surface area contributed by atoms with E-state index in [1.807, 2.05) is 0 Å². The highest BCUT2D eigenvalue weighted by atomic mass is 16.5. The van der Waals surface area contributed by atoms with Crippen LogP contribution in [0.3, 0.4) is 0 Å². The molecular weight excluding hydrogens is 324 g/mol. The zero-order chi connectivity index (χ0) is 17.9. The Kier molecular flexibility index (Phi) is 3.89. The van der Waals surface area contributed by atoms with Crippen LogP contribution in [0.1, 0.15) is 64.7 Å². The highest BCUT2D eigenvalue weighted by Gasteiger charge is 2.61. The lowest BCUT2D eigenvalue weighted by molar-refractivity contribution is -0.138. The first-order valence-corrected chi connectivity index (χ1v) is 10.9. The second kappa shape index (κ2) is 5.94. The molecular formula is C23H32O3. The zero-order valence-corrected chi connectivity index (χ0v) is 16.0. The molecule has 142 valence electrons. The predicted molar refractivity (Wildman–Crippen MR) is 99.2 cm³/mol. The highest BCUT2D eigenvalue weighted by molar-refractivity contribution is 5.71. The Hall–Kier alpha value is -1.12. The number of hydrogen-bond acceptors (Lipinski definition) is 3. The predicted octanol–water partition coefficient (Wildman–Crippen LogP) is 4.55. The molecule has 1 saturated heterocycles. The summed E-state index contributed by atoms with van der Waals surface area (Å²) in [5, 5.41) is 0. The topological polar surface area (TPSA) is 43.4 Å². The second-order valence-corrected chi connectivity index (χ2v) is 10.1. The summed E-state index contributed by atoms with van der Waals surface area (Å²) in [5.74, 6) is 3.62. The lowest BCUT2D eigenvalue weighted by Crippen LogP contribution is -2.54. The van der Waals surface area contributed by atoms with E-state index in [0.29, 0.717) is 48.0 Å². The molecule has 1 heterocycles. The largest absolute Gasteiger partial charge is 0.465 e. The van der Waals surface area contributed by atoms with Crippen molar-refractivity contribution in [1.29, 1.82) is 0 Å². The van der Waals surface area contributed by atoms with Crippen molar-refractivity contribution < 1.29 is 14.3 Å². The molecule has 5 aliphatic rings. The number of aldehydes is 1. The number of rotatable bonds is 2. The highest BCUT2D eigenvalue weighted by Crippen LogP contribution is 2.67. The van der Waals surface area contributed by atoms with Gasteiger partial charge in [0, 0.05) is 11.3 Å². The molecule has 0 bridgehead atoms. The van der Waals surface area contributed by atoms with Crippen LogP contribution in [0.25, 0.3) is 0 Å². The van der Waals surface area contributed by atoms with E-state index < -0.39 is 0 Å². The number of carbonyl (C=O) groups excluding carboxylic acids is 2. The van der Waals surface area contributed by atoms with E-state index in [0.717, 1.165) is 12.3 Å². The van der Waals surface area contributed by atoms with Crippen LogP contribution in [-0.2, 0) is 14.3 Å². The Labute approximate surface area is 156 Å². The normalized spacial score (nSPS) is 52.7. The zero-order valence-electron chi connectivity index (χ0n) is 16.0. The Balaban J connectivity index is 1.44. The van der Waals surface area contributed by atoms with Crippen LogP contribution in [0.5, 0.6) is 0 Å². The molecule has 4 fully saturated rings. The number of allylic oxidation sites excluding steroid dienone is 2. The standard InChI is InChI=1S/C23H32O3/c1-22-11-9-20-17(6-5-16-4-2-3-10-23(16,20)14-24)19(22)8-7-18(22)15-12-21(25)26-13-15/h3,10,14-20H,2,4-9,11-13H2,1H3/t15-,16?,17-,18+,19+,20-,22+,23+/m0/s1. The number of fused-ring (bicyclic) bond motifs is 5. The first-order valence-electron chi connectivity index (χ1n) is 10.9.